The number of hydrogen-bond acceptors (Lipinski definition) is 6. The van der Waals surface area contributed by atoms with Gasteiger partial charge in [-0.1, -0.05) is 33.8 Å². The van der Waals surface area contributed by atoms with Crippen molar-refractivity contribution in [3.63, 3.8) is 0 Å². The second-order valence-electron chi connectivity index (χ2n) is 6.12. The number of rotatable bonds is 6. The summed E-state index contributed by atoms with van der Waals surface area (Å²) >= 11 is 4.92. The summed E-state index contributed by atoms with van der Waals surface area (Å²) in [6.45, 7) is 6.29. The number of fused-ring (bicyclic) bond motifs is 1. The van der Waals surface area contributed by atoms with Gasteiger partial charge in [-0.25, -0.2) is 4.79 Å². The van der Waals surface area contributed by atoms with E-state index in [9.17, 15) is 4.79 Å². The molecule has 3 aromatic heterocycles. The van der Waals surface area contributed by atoms with Crippen molar-refractivity contribution in [1.29, 1.82) is 0 Å². The van der Waals surface area contributed by atoms with Gasteiger partial charge in [0.2, 0.25) is 0 Å². The first-order valence-electron chi connectivity index (χ1n) is 8.50. The molecule has 0 saturated carbocycles. The van der Waals surface area contributed by atoms with E-state index in [0.717, 1.165) is 37.7 Å². The number of nitrogens with zero attached hydrogens (tertiary/aromatic N) is 3. The molecule has 0 aliphatic heterocycles. The van der Waals surface area contributed by atoms with E-state index in [-0.39, 0.29) is 5.63 Å². The van der Waals surface area contributed by atoms with E-state index in [1.54, 1.807) is 18.4 Å². The fourth-order valence-corrected chi connectivity index (χ4v) is 4.25. The van der Waals surface area contributed by atoms with Gasteiger partial charge in [-0.2, -0.15) is 0 Å². The van der Waals surface area contributed by atoms with Crippen molar-refractivity contribution in [1.82, 2.24) is 14.8 Å². The average Bonchev–Trinajstić information content (AvgIpc) is 3.25. The van der Waals surface area contributed by atoms with Crippen LogP contribution in [0.3, 0.4) is 0 Å². The quantitative estimate of drug-likeness (QED) is 0.225. The van der Waals surface area contributed by atoms with Gasteiger partial charge in [-0.05, 0) is 36.8 Å². The molecule has 1 aromatic carbocycles. The second kappa shape index (κ2) is 7.81. The monoisotopic (exact) mass is 457 g/mol. The SMILES string of the molecule is C=CCn1c(SCc2cc(=O)oc3cc(Br)ccc23)nnc1-c1ccoc1C. The Bertz CT molecular complexity index is 1230. The summed E-state index contributed by atoms with van der Waals surface area (Å²) in [5.74, 6) is 2.07. The van der Waals surface area contributed by atoms with Gasteiger partial charge in [0.15, 0.2) is 11.0 Å². The van der Waals surface area contributed by atoms with Gasteiger partial charge in [0, 0.05) is 28.2 Å². The number of benzene rings is 1. The van der Waals surface area contributed by atoms with Crippen LogP contribution in [0.4, 0.5) is 0 Å². The Morgan fingerprint density at radius 1 is 1.29 bits per heavy atom. The average molecular weight is 458 g/mol. The minimum atomic E-state index is -0.372. The minimum absolute atomic E-state index is 0.372. The highest BCUT2D eigenvalue weighted by Crippen LogP contribution is 2.30. The van der Waals surface area contributed by atoms with Crippen molar-refractivity contribution in [2.24, 2.45) is 0 Å². The summed E-state index contributed by atoms with van der Waals surface area (Å²) in [4.78, 5) is 11.9. The van der Waals surface area contributed by atoms with Crippen LogP contribution in [0.2, 0.25) is 0 Å². The zero-order chi connectivity index (χ0) is 19.7. The van der Waals surface area contributed by atoms with Gasteiger partial charge in [-0.15, -0.1) is 16.8 Å². The highest BCUT2D eigenvalue weighted by molar-refractivity contribution is 9.10. The van der Waals surface area contributed by atoms with Crippen LogP contribution in [0, 0.1) is 6.92 Å². The van der Waals surface area contributed by atoms with Crippen LogP contribution in [-0.2, 0) is 12.3 Å². The molecule has 0 aliphatic carbocycles. The molecule has 6 nitrogen and oxygen atoms in total. The Balaban J connectivity index is 1.68. The molecule has 0 fully saturated rings. The van der Waals surface area contributed by atoms with Gasteiger partial charge in [0.1, 0.15) is 11.3 Å². The third-order valence-corrected chi connectivity index (χ3v) is 5.79. The highest BCUT2D eigenvalue weighted by Gasteiger charge is 2.17. The van der Waals surface area contributed by atoms with Crippen LogP contribution in [0.15, 0.2) is 72.5 Å². The van der Waals surface area contributed by atoms with Crippen molar-refractivity contribution < 1.29 is 8.83 Å². The standard InChI is InChI=1S/C20H16BrN3O3S/c1-3-7-24-19(15-6-8-26-12(15)2)22-23-20(24)28-11-13-9-18(25)27-17-10-14(21)4-5-16(13)17/h3-6,8-10H,1,7,11H2,2H3. The summed E-state index contributed by atoms with van der Waals surface area (Å²) in [6, 6.07) is 9.06. The Labute approximate surface area is 173 Å². The third kappa shape index (κ3) is 3.57. The maximum atomic E-state index is 11.9. The number of allylic oxidation sites excluding steroid dienone is 1. The summed E-state index contributed by atoms with van der Waals surface area (Å²) < 4.78 is 13.6. The van der Waals surface area contributed by atoms with E-state index >= 15 is 0 Å². The van der Waals surface area contributed by atoms with Gasteiger partial charge in [0.05, 0.1) is 11.8 Å². The summed E-state index contributed by atoms with van der Waals surface area (Å²) in [7, 11) is 0. The lowest BCUT2D eigenvalue weighted by molar-refractivity contribution is 0.534. The molecule has 0 radical (unpaired) electrons. The molecule has 4 rings (SSSR count). The molecule has 0 amide bonds. The van der Waals surface area contributed by atoms with Crippen molar-refractivity contribution in [2.75, 3.05) is 0 Å². The Morgan fingerprint density at radius 3 is 2.89 bits per heavy atom. The smallest absolute Gasteiger partial charge is 0.336 e. The number of aromatic nitrogens is 3. The molecule has 0 bridgehead atoms. The van der Waals surface area contributed by atoms with Crippen LogP contribution in [0.5, 0.6) is 0 Å². The van der Waals surface area contributed by atoms with E-state index in [4.69, 9.17) is 8.83 Å². The first-order chi connectivity index (χ1) is 13.6. The Kier molecular flexibility index (Phi) is 5.23. The molecule has 0 spiro atoms. The van der Waals surface area contributed by atoms with Crippen molar-refractivity contribution >= 4 is 38.7 Å². The van der Waals surface area contributed by atoms with Crippen molar-refractivity contribution in [3.05, 3.63) is 75.5 Å². The number of halogens is 1. The molecular formula is C20H16BrN3O3S. The predicted molar refractivity (Wildman–Crippen MR) is 112 cm³/mol. The first-order valence-corrected chi connectivity index (χ1v) is 10.3. The van der Waals surface area contributed by atoms with Crippen molar-refractivity contribution in [3.8, 4) is 11.4 Å². The lowest BCUT2D eigenvalue weighted by atomic mass is 10.1. The molecular weight excluding hydrogens is 442 g/mol. The summed E-state index contributed by atoms with van der Waals surface area (Å²) in [5, 5.41) is 10.3. The largest absolute Gasteiger partial charge is 0.469 e. The maximum absolute atomic E-state index is 11.9. The van der Waals surface area contributed by atoms with Crippen LogP contribution < -0.4 is 5.63 Å². The molecule has 0 aliphatic rings. The van der Waals surface area contributed by atoms with Gasteiger partial charge < -0.3 is 8.83 Å². The van der Waals surface area contributed by atoms with Crippen LogP contribution in [-0.4, -0.2) is 14.8 Å². The molecule has 142 valence electrons. The topological polar surface area (TPSA) is 74.1 Å². The molecule has 28 heavy (non-hydrogen) atoms. The zero-order valence-electron chi connectivity index (χ0n) is 15.0. The van der Waals surface area contributed by atoms with E-state index in [2.05, 4.69) is 32.7 Å². The number of aryl methyl sites for hydroxylation is 1. The second-order valence-corrected chi connectivity index (χ2v) is 7.97. The van der Waals surface area contributed by atoms with E-state index in [1.807, 2.05) is 29.7 Å². The fraction of sp³-hybridized carbons (Fsp3) is 0.150. The summed E-state index contributed by atoms with van der Waals surface area (Å²) in [5.41, 5.74) is 1.97. The highest BCUT2D eigenvalue weighted by atomic mass is 79.9. The predicted octanol–water partition coefficient (Wildman–Crippen LogP) is 5.19. The third-order valence-electron chi connectivity index (χ3n) is 4.28. The first kappa shape index (κ1) is 18.8. The maximum Gasteiger partial charge on any atom is 0.336 e. The summed E-state index contributed by atoms with van der Waals surface area (Å²) in [6.07, 6.45) is 3.44. The van der Waals surface area contributed by atoms with Crippen LogP contribution >= 0.6 is 27.7 Å². The Hall–Kier alpha value is -2.58. The van der Waals surface area contributed by atoms with Crippen LogP contribution in [0.1, 0.15) is 11.3 Å². The molecule has 0 saturated heterocycles. The van der Waals surface area contributed by atoms with Gasteiger partial charge in [-0.3, -0.25) is 4.57 Å². The lowest BCUT2D eigenvalue weighted by Crippen LogP contribution is -2.02. The molecule has 0 unspecified atom stereocenters. The zero-order valence-corrected chi connectivity index (χ0v) is 17.4. The number of furan rings is 1. The minimum Gasteiger partial charge on any atom is -0.469 e. The fourth-order valence-electron chi connectivity index (χ4n) is 2.97. The Morgan fingerprint density at radius 2 is 2.14 bits per heavy atom. The molecule has 3 heterocycles. The molecule has 0 N–H and O–H groups in total. The number of thioether (sulfide) groups is 1. The molecule has 8 heteroatoms. The molecule has 0 atom stereocenters. The van der Waals surface area contributed by atoms with E-state index < -0.39 is 0 Å². The van der Waals surface area contributed by atoms with E-state index in [1.165, 1.54) is 17.8 Å². The van der Waals surface area contributed by atoms with Crippen molar-refractivity contribution in [2.45, 2.75) is 24.4 Å². The number of hydrogen-bond donors (Lipinski definition) is 0. The normalized spacial score (nSPS) is 11.2. The molecule has 4 aromatic rings. The van der Waals surface area contributed by atoms with Crippen LogP contribution in [0.25, 0.3) is 22.4 Å². The van der Waals surface area contributed by atoms with E-state index in [0.29, 0.717) is 17.9 Å². The van der Waals surface area contributed by atoms with Gasteiger partial charge >= 0.3 is 5.63 Å². The van der Waals surface area contributed by atoms with Gasteiger partial charge in [0.25, 0.3) is 0 Å². The lowest BCUT2D eigenvalue weighted by Gasteiger charge is -2.08.